The summed E-state index contributed by atoms with van der Waals surface area (Å²) in [7, 11) is 0. The highest BCUT2D eigenvalue weighted by Gasteiger charge is 2.35. The standard InChI is InChI=1S/C14H23F3N4O2/c15-14(16,17)9-20-5-3-11(8-20)19-13(23)21-4-1-2-10(7-21)6-12(18)22/h10-11H,1-9H2,(H2,18,22)(H,19,23)/t10-,11-/m1/s1. The molecule has 0 bridgehead atoms. The Morgan fingerprint density at radius 2 is 1.91 bits per heavy atom. The number of piperidine rings is 1. The number of carbonyl (C=O) groups excluding carboxylic acids is 2. The van der Waals surface area contributed by atoms with E-state index in [0.29, 0.717) is 26.1 Å². The normalized spacial score (nSPS) is 26.3. The van der Waals surface area contributed by atoms with Gasteiger partial charge in [-0.3, -0.25) is 9.69 Å². The van der Waals surface area contributed by atoms with Crippen molar-refractivity contribution < 1.29 is 22.8 Å². The van der Waals surface area contributed by atoms with E-state index in [4.69, 9.17) is 5.73 Å². The molecule has 0 saturated carbocycles. The van der Waals surface area contributed by atoms with Crippen molar-refractivity contribution >= 4 is 11.9 Å². The molecule has 0 aromatic carbocycles. The SMILES string of the molecule is NC(=O)C[C@H]1CCCN(C(=O)N[C@@H]2CCN(CC(F)(F)F)C2)C1. The molecule has 2 fully saturated rings. The maximum atomic E-state index is 12.4. The van der Waals surface area contributed by atoms with Gasteiger partial charge in [0.2, 0.25) is 5.91 Å². The summed E-state index contributed by atoms with van der Waals surface area (Å²) in [5.41, 5.74) is 5.19. The third kappa shape index (κ3) is 5.89. The van der Waals surface area contributed by atoms with Crippen molar-refractivity contribution in [2.45, 2.75) is 37.9 Å². The molecule has 132 valence electrons. The first-order chi connectivity index (χ1) is 10.7. The molecule has 0 unspecified atom stereocenters. The number of halogens is 3. The molecule has 0 radical (unpaired) electrons. The fraction of sp³-hybridized carbons (Fsp3) is 0.857. The number of hydrogen-bond donors (Lipinski definition) is 2. The van der Waals surface area contributed by atoms with Crippen LogP contribution in [-0.4, -0.2) is 66.7 Å². The smallest absolute Gasteiger partial charge is 0.370 e. The summed E-state index contributed by atoms with van der Waals surface area (Å²) >= 11 is 0. The van der Waals surface area contributed by atoms with Gasteiger partial charge in [0.1, 0.15) is 0 Å². The molecular weight excluding hydrogens is 313 g/mol. The monoisotopic (exact) mass is 336 g/mol. The summed E-state index contributed by atoms with van der Waals surface area (Å²) < 4.78 is 37.1. The average molecular weight is 336 g/mol. The van der Waals surface area contributed by atoms with Gasteiger partial charge < -0.3 is 16.0 Å². The number of alkyl halides is 3. The zero-order chi connectivity index (χ0) is 17.0. The average Bonchev–Trinajstić information content (AvgIpc) is 2.83. The van der Waals surface area contributed by atoms with Crippen molar-refractivity contribution in [2.75, 3.05) is 32.7 Å². The lowest BCUT2D eigenvalue weighted by atomic mass is 9.95. The van der Waals surface area contributed by atoms with Crippen LogP contribution in [0, 0.1) is 5.92 Å². The van der Waals surface area contributed by atoms with Crippen LogP contribution in [0.5, 0.6) is 0 Å². The second-order valence-electron chi connectivity index (χ2n) is 6.41. The zero-order valence-corrected chi connectivity index (χ0v) is 12.9. The Balaban J connectivity index is 1.77. The van der Waals surface area contributed by atoms with Gasteiger partial charge in [0.15, 0.2) is 0 Å². The molecule has 2 aliphatic rings. The molecule has 0 spiro atoms. The lowest BCUT2D eigenvalue weighted by Gasteiger charge is -2.33. The van der Waals surface area contributed by atoms with E-state index in [2.05, 4.69) is 5.32 Å². The summed E-state index contributed by atoms with van der Waals surface area (Å²) in [5.74, 6) is -0.312. The Morgan fingerprint density at radius 3 is 2.57 bits per heavy atom. The summed E-state index contributed by atoms with van der Waals surface area (Å²) in [4.78, 5) is 26.1. The Bertz CT molecular complexity index is 444. The van der Waals surface area contributed by atoms with Gasteiger partial charge in [0.25, 0.3) is 0 Å². The highest BCUT2D eigenvalue weighted by atomic mass is 19.4. The number of rotatable bonds is 4. The minimum absolute atomic E-state index is 0.0669. The Morgan fingerprint density at radius 1 is 1.17 bits per heavy atom. The van der Waals surface area contributed by atoms with E-state index in [1.54, 1.807) is 4.90 Å². The fourth-order valence-corrected chi connectivity index (χ4v) is 3.31. The molecule has 23 heavy (non-hydrogen) atoms. The first-order valence-corrected chi connectivity index (χ1v) is 7.86. The highest BCUT2D eigenvalue weighted by Crippen LogP contribution is 2.21. The van der Waals surface area contributed by atoms with Crippen molar-refractivity contribution in [3.63, 3.8) is 0 Å². The predicted molar refractivity (Wildman–Crippen MR) is 77.5 cm³/mol. The van der Waals surface area contributed by atoms with E-state index in [1.807, 2.05) is 0 Å². The summed E-state index contributed by atoms with van der Waals surface area (Å²) in [5, 5.41) is 2.80. The molecule has 0 aliphatic carbocycles. The number of nitrogens with one attached hydrogen (secondary N) is 1. The largest absolute Gasteiger partial charge is 0.401 e. The van der Waals surface area contributed by atoms with Gasteiger partial charge in [-0.05, 0) is 25.2 Å². The Hall–Kier alpha value is -1.51. The van der Waals surface area contributed by atoms with Crippen molar-refractivity contribution in [3.8, 4) is 0 Å². The number of likely N-dealkylation sites (tertiary alicyclic amines) is 2. The van der Waals surface area contributed by atoms with Gasteiger partial charge in [-0.1, -0.05) is 0 Å². The molecule has 3 N–H and O–H groups in total. The summed E-state index contributed by atoms with van der Waals surface area (Å²) in [6.45, 7) is 0.663. The van der Waals surface area contributed by atoms with Crippen LogP contribution in [0.4, 0.5) is 18.0 Å². The van der Waals surface area contributed by atoms with Gasteiger partial charge in [-0.15, -0.1) is 0 Å². The second-order valence-corrected chi connectivity index (χ2v) is 6.41. The van der Waals surface area contributed by atoms with Gasteiger partial charge in [0.05, 0.1) is 6.54 Å². The van der Waals surface area contributed by atoms with Crippen molar-refractivity contribution in [3.05, 3.63) is 0 Å². The van der Waals surface area contributed by atoms with Crippen LogP contribution in [0.2, 0.25) is 0 Å². The van der Waals surface area contributed by atoms with Crippen molar-refractivity contribution in [2.24, 2.45) is 11.7 Å². The molecule has 2 saturated heterocycles. The van der Waals surface area contributed by atoms with Crippen molar-refractivity contribution in [1.29, 1.82) is 0 Å². The number of urea groups is 1. The van der Waals surface area contributed by atoms with Crippen LogP contribution in [0.3, 0.4) is 0 Å². The van der Waals surface area contributed by atoms with Crippen LogP contribution < -0.4 is 11.1 Å². The summed E-state index contributed by atoms with van der Waals surface area (Å²) in [6, 6.07) is -0.528. The first-order valence-electron chi connectivity index (χ1n) is 7.86. The van der Waals surface area contributed by atoms with Crippen molar-refractivity contribution in [1.82, 2.24) is 15.1 Å². The van der Waals surface area contributed by atoms with Crippen LogP contribution in [-0.2, 0) is 4.79 Å². The number of carbonyl (C=O) groups is 2. The fourth-order valence-electron chi connectivity index (χ4n) is 3.31. The molecule has 2 aliphatic heterocycles. The third-order valence-corrected chi connectivity index (χ3v) is 4.30. The molecule has 0 aromatic heterocycles. The number of nitrogens with zero attached hydrogens (tertiary/aromatic N) is 2. The molecule has 2 rings (SSSR count). The van der Waals surface area contributed by atoms with E-state index in [0.717, 1.165) is 12.8 Å². The second kappa shape index (κ2) is 7.37. The molecule has 2 atom stereocenters. The Labute approximate surface area is 133 Å². The number of nitrogens with two attached hydrogens (primary N) is 1. The van der Waals surface area contributed by atoms with Gasteiger partial charge in [0, 0.05) is 38.6 Å². The molecular formula is C14H23F3N4O2. The van der Waals surface area contributed by atoms with E-state index in [9.17, 15) is 22.8 Å². The number of hydrogen-bond acceptors (Lipinski definition) is 3. The van der Waals surface area contributed by atoms with Crippen LogP contribution in [0.15, 0.2) is 0 Å². The molecule has 9 heteroatoms. The summed E-state index contributed by atoms with van der Waals surface area (Å²) in [6.07, 6.45) is -1.79. The highest BCUT2D eigenvalue weighted by molar-refractivity contribution is 5.76. The minimum Gasteiger partial charge on any atom is -0.370 e. The van der Waals surface area contributed by atoms with Crippen LogP contribution in [0.1, 0.15) is 25.7 Å². The van der Waals surface area contributed by atoms with Gasteiger partial charge in [-0.25, -0.2) is 4.79 Å². The topological polar surface area (TPSA) is 78.7 Å². The minimum atomic E-state index is -4.21. The lowest BCUT2D eigenvalue weighted by molar-refractivity contribution is -0.143. The van der Waals surface area contributed by atoms with Gasteiger partial charge >= 0.3 is 12.2 Å². The third-order valence-electron chi connectivity index (χ3n) is 4.30. The maximum absolute atomic E-state index is 12.4. The quantitative estimate of drug-likeness (QED) is 0.801. The van der Waals surface area contributed by atoms with E-state index in [1.165, 1.54) is 4.90 Å². The Kier molecular flexibility index (Phi) is 5.72. The lowest BCUT2D eigenvalue weighted by Crippen LogP contribution is -2.49. The predicted octanol–water partition coefficient (Wildman–Crippen LogP) is 0.920. The molecule has 2 heterocycles. The van der Waals surface area contributed by atoms with E-state index >= 15 is 0 Å². The zero-order valence-electron chi connectivity index (χ0n) is 12.9. The van der Waals surface area contributed by atoms with E-state index < -0.39 is 12.7 Å². The molecule has 3 amide bonds. The molecule has 6 nitrogen and oxygen atoms in total. The first kappa shape index (κ1) is 17.8. The van der Waals surface area contributed by atoms with Gasteiger partial charge in [-0.2, -0.15) is 13.2 Å². The number of primary amides is 1. The number of amides is 3. The molecule has 0 aromatic rings. The van der Waals surface area contributed by atoms with Crippen LogP contribution in [0.25, 0.3) is 0 Å². The van der Waals surface area contributed by atoms with E-state index in [-0.39, 0.29) is 36.9 Å². The maximum Gasteiger partial charge on any atom is 0.401 e. The van der Waals surface area contributed by atoms with Crippen LogP contribution >= 0.6 is 0 Å².